The molecule has 1 N–H and O–H groups in total. The van der Waals surface area contributed by atoms with Gasteiger partial charge in [0.05, 0.1) is 9.95 Å². The Morgan fingerprint density at radius 2 is 2.05 bits per heavy atom. The smallest absolute Gasteiger partial charge is 0.270 e. The van der Waals surface area contributed by atoms with E-state index in [9.17, 15) is 10.1 Å². The molecule has 0 amide bonds. The zero-order chi connectivity index (χ0) is 14.4. The first-order valence-corrected chi connectivity index (χ1v) is 7.68. The molecule has 0 radical (unpaired) electrons. The fourth-order valence-corrected chi connectivity index (χ4v) is 3.04. The minimum absolute atomic E-state index is 0.0426. The van der Waals surface area contributed by atoms with Gasteiger partial charge in [-0.1, -0.05) is 43.7 Å². The van der Waals surface area contributed by atoms with Gasteiger partial charge in [0, 0.05) is 18.7 Å². The molecule has 5 heteroatoms. The van der Waals surface area contributed by atoms with E-state index in [0.717, 1.165) is 18.0 Å². The Morgan fingerprint density at radius 3 is 2.70 bits per heavy atom. The number of nitrogens with one attached hydrogen (secondary N) is 1. The third kappa shape index (κ3) is 4.46. The Labute approximate surface area is 124 Å². The molecule has 1 aromatic carbocycles. The maximum Gasteiger partial charge on any atom is 0.270 e. The van der Waals surface area contributed by atoms with Gasteiger partial charge < -0.3 is 5.32 Å². The van der Waals surface area contributed by atoms with Crippen LogP contribution in [-0.4, -0.2) is 11.5 Å². The van der Waals surface area contributed by atoms with E-state index in [1.54, 1.807) is 6.07 Å². The van der Waals surface area contributed by atoms with Crippen LogP contribution in [0.4, 0.5) is 5.69 Å². The van der Waals surface area contributed by atoms with Gasteiger partial charge >= 0.3 is 0 Å². The predicted molar refractivity (Wildman–Crippen MR) is 81.0 cm³/mol. The molecule has 20 heavy (non-hydrogen) atoms. The normalized spacial score (nSPS) is 16.2. The van der Waals surface area contributed by atoms with Gasteiger partial charge in [-0.15, -0.1) is 0 Å². The second-order valence-corrected chi connectivity index (χ2v) is 5.91. The van der Waals surface area contributed by atoms with Crippen molar-refractivity contribution < 1.29 is 4.92 Å². The van der Waals surface area contributed by atoms with E-state index in [4.69, 9.17) is 11.6 Å². The van der Waals surface area contributed by atoms with Gasteiger partial charge in [-0.3, -0.25) is 10.1 Å². The summed E-state index contributed by atoms with van der Waals surface area (Å²) in [6, 6.07) is 4.65. The number of halogens is 1. The van der Waals surface area contributed by atoms with Crippen LogP contribution in [0, 0.1) is 16.0 Å². The zero-order valence-electron chi connectivity index (χ0n) is 11.6. The molecule has 0 unspecified atom stereocenters. The molecular weight excluding hydrogens is 276 g/mol. The van der Waals surface area contributed by atoms with Crippen molar-refractivity contribution in [3.05, 3.63) is 38.9 Å². The van der Waals surface area contributed by atoms with Crippen LogP contribution in [0.25, 0.3) is 0 Å². The van der Waals surface area contributed by atoms with Crippen LogP contribution in [0.15, 0.2) is 18.2 Å². The summed E-state index contributed by atoms with van der Waals surface area (Å²) < 4.78 is 0. The van der Waals surface area contributed by atoms with Gasteiger partial charge in [0.25, 0.3) is 5.69 Å². The van der Waals surface area contributed by atoms with E-state index in [1.807, 2.05) is 0 Å². The summed E-state index contributed by atoms with van der Waals surface area (Å²) in [6.45, 7) is 1.65. The van der Waals surface area contributed by atoms with Crippen LogP contribution < -0.4 is 5.32 Å². The molecule has 0 spiro atoms. The number of benzene rings is 1. The van der Waals surface area contributed by atoms with Crippen molar-refractivity contribution in [3.63, 3.8) is 0 Å². The zero-order valence-corrected chi connectivity index (χ0v) is 12.4. The van der Waals surface area contributed by atoms with Crippen molar-refractivity contribution in [2.45, 2.75) is 45.1 Å². The third-order valence-electron chi connectivity index (χ3n) is 4.02. The van der Waals surface area contributed by atoms with Crippen LogP contribution in [0.1, 0.15) is 44.1 Å². The summed E-state index contributed by atoms with van der Waals surface area (Å²) in [6.07, 6.45) is 8.07. The van der Waals surface area contributed by atoms with Gasteiger partial charge in [0.2, 0.25) is 0 Å². The highest BCUT2D eigenvalue weighted by Crippen LogP contribution is 2.26. The predicted octanol–water partition coefficient (Wildman–Crippen LogP) is 4.31. The number of non-ortho nitro benzene ring substituents is 1. The monoisotopic (exact) mass is 296 g/mol. The van der Waals surface area contributed by atoms with Crippen LogP contribution in [-0.2, 0) is 6.54 Å². The molecule has 1 fully saturated rings. The fraction of sp³-hybridized carbons (Fsp3) is 0.600. The molecule has 1 aliphatic carbocycles. The molecule has 0 saturated heterocycles. The maximum absolute atomic E-state index is 10.6. The summed E-state index contributed by atoms with van der Waals surface area (Å²) in [5.41, 5.74) is 0.960. The molecule has 0 heterocycles. The number of nitro groups is 1. The van der Waals surface area contributed by atoms with Gasteiger partial charge in [0.1, 0.15) is 0 Å². The van der Waals surface area contributed by atoms with Crippen LogP contribution in [0.2, 0.25) is 5.02 Å². The first kappa shape index (κ1) is 15.3. The van der Waals surface area contributed by atoms with Crippen molar-refractivity contribution in [3.8, 4) is 0 Å². The van der Waals surface area contributed by atoms with Gasteiger partial charge in [0.15, 0.2) is 0 Å². The minimum Gasteiger partial charge on any atom is -0.313 e. The van der Waals surface area contributed by atoms with Crippen molar-refractivity contribution >= 4 is 17.3 Å². The van der Waals surface area contributed by atoms with E-state index in [0.29, 0.717) is 11.6 Å². The number of rotatable bonds is 6. The minimum atomic E-state index is -0.424. The largest absolute Gasteiger partial charge is 0.313 e. The topological polar surface area (TPSA) is 55.2 Å². The summed E-state index contributed by atoms with van der Waals surface area (Å²) in [5.74, 6) is 0.864. The molecule has 1 aliphatic rings. The molecule has 110 valence electrons. The lowest BCUT2D eigenvalue weighted by atomic mass is 9.87. The Kier molecular flexibility index (Phi) is 5.80. The number of hydrogen-bond donors (Lipinski definition) is 1. The molecule has 4 nitrogen and oxygen atoms in total. The number of nitrogens with zero attached hydrogens (tertiary/aromatic N) is 1. The standard InChI is InChI=1S/C15H21ClN2O2/c16-15-10-14(18(19)20)7-6-13(15)11-17-9-8-12-4-2-1-3-5-12/h6-7,10,12,17H,1-5,8-9,11H2. The molecule has 1 saturated carbocycles. The Morgan fingerprint density at radius 1 is 1.30 bits per heavy atom. The second kappa shape index (κ2) is 7.60. The lowest BCUT2D eigenvalue weighted by Gasteiger charge is -2.21. The van der Waals surface area contributed by atoms with Crippen LogP contribution in [0.3, 0.4) is 0 Å². The van der Waals surface area contributed by atoms with Crippen LogP contribution in [0.5, 0.6) is 0 Å². The van der Waals surface area contributed by atoms with Crippen molar-refractivity contribution in [1.29, 1.82) is 0 Å². The van der Waals surface area contributed by atoms with Crippen molar-refractivity contribution in [2.24, 2.45) is 5.92 Å². The van der Waals surface area contributed by atoms with E-state index in [-0.39, 0.29) is 5.69 Å². The van der Waals surface area contributed by atoms with E-state index in [2.05, 4.69) is 5.32 Å². The quantitative estimate of drug-likeness (QED) is 0.483. The Bertz CT molecular complexity index is 459. The molecule has 1 aromatic rings. The summed E-state index contributed by atoms with van der Waals surface area (Å²) in [5, 5.41) is 14.5. The first-order valence-electron chi connectivity index (χ1n) is 7.30. The third-order valence-corrected chi connectivity index (χ3v) is 4.37. The average molecular weight is 297 g/mol. The maximum atomic E-state index is 10.6. The molecule has 0 atom stereocenters. The second-order valence-electron chi connectivity index (χ2n) is 5.50. The highest BCUT2D eigenvalue weighted by Gasteiger charge is 2.13. The first-order chi connectivity index (χ1) is 9.66. The molecule has 0 aliphatic heterocycles. The lowest BCUT2D eigenvalue weighted by Crippen LogP contribution is -2.19. The molecule has 0 bridgehead atoms. The molecule has 0 aromatic heterocycles. The average Bonchev–Trinajstić information content (AvgIpc) is 2.46. The number of hydrogen-bond acceptors (Lipinski definition) is 3. The van der Waals surface area contributed by atoms with E-state index >= 15 is 0 Å². The molecule has 2 rings (SSSR count). The summed E-state index contributed by atoms with van der Waals surface area (Å²) in [7, 11) is 0. The van der Waals surface area contributed by atoms with Gasteiger partial charge in [-0.25, -0.2) is 0 Å². The highest BCUT2D eigenvalue weighted by atomic mass is 35.5. The highest BCUT2D eigenvalue weighted by molar-refractivity contribution is 6.31. The van der Waals surface area contributed by atoms with Crippen molar-refractivity contribution in [1.82, 2.24) is 5.32 Å². The van der Waals surface area contributed by atoms with E-state index in [1.165, 1.54) is 50.7 Å². The molecular formula is C15H21ClN2O2. The Balaban J connectivity index is 1.74. The van der Waals surface area contributed by atoms with Crippen molar-refractivity contribution in [2.75, 3.05) is 6.54 Å². The Hall–Kier alpha value is -1.13. The van der Waals surface area contributed by atoms with Gasteiger partial charge in [-0.2, -0.15) is 0 Å². The summed E-state index contributed by atoms with van der Waals surface area (Å²) >= 11 is 6.06. The van der Waals surface area contributed by atoms with E-state index < -0.39 is 4.92 Å². The summed E-state index contributed by atoms with van der Waals surface area (Å²) in [4.78, 5) is 10.2. The van der Waals surface area contributed by atoms with Gasteiger partial charge in [-0.05, 0) is 30.5 Å². The lowest BCUT2D eigenvalue weighted by molar-refractivity contribution is -0.384. The SMILES string of the molecule is O=[N+]([O-])c1ccc(CNCCC2CCCCC2)c(Cl)c1. The number of nitro benzene ring substituents is 1. The van der Waals surface area contributed by atoms with Crippen LogP contribution >= 0.6 is 11.6 Å². The fourth-order valence-electron chi connectivity index (χ4n) is 2.80.